The van der Waals surface area contributed by atoms with Gasteiger partial charge in [0.2, 0.25) is 0 Å². The number of alkyl halides is 3. The van der Waals surface area contributed by atoms with Crippen molar-refractivity contribution in [3.63, 3.8) is 0 Å². The Hall–Kier alpha value is -3.19. The van der Waals surface area contributed by atoms with Crippen molar-refractivity contribution < 1.29 is 22.8 Å². The number of amides is 2. The molecule has 4 nitrogen and oxygen atoms in total. The first-order chi connectivity index (χ1) is 13.8. The number of hydrogen-bond donors (Lipinski definition) is 0. The molecule has 2 amide bonds. The zero-order valence-corrected chi connectivity index (χ0v) is 15.5. The largest absolute Gasteiger partial charge is 0.416 e. The Morgan fingerprint density at radius 3 is 2.03 bits per heavy atom. The van der Waals surface area contributed by atoms with Crippen LogP contribution in [0.1, 0.15) is 31.8 Å². The number of halogens is 4. The van der Waals surface area contributed by atoms with Crippen LogP contribution >= 0.6 is 11.6 Å². The van der Waals surface area contributed by atoms with Gasteiger partial charge in [-0.3, -0.25) is 14.5 Å². The molecule has 0 fully saturated rings. The molecule has 8 heteroatoms. The van der Waals surface area contributed by atoms with E-state index in [0.717, 1.165) is 17.0 Å². The first-order valence-electron chi connectivity index (χ1n) is 8.53. The molecule has 0 unspecified atom stereocenters. The number of nitrogens with zero attached hydrogens (tertiary/aromatic N) is 2. The van der Waals surface area contributed by atoms with E-state index >= 15 is 0 Å². The monoisotopic (exact) mass is 416 g/mol. The SMILES string of the molecule is O=C1c2ccccc2C(=O)N1Cc1cnc(Cl)c(-c2ccc(C(F)(F)F)cc2)c1. The summed E-state index contributed by atoms with van der Waals surface area (Å²) in [6.45, 7) is -0.0237. The second kappa shape index (κ2) is 7.00. The van der Waals surface area contributed by atoms with Crippen molar-refractivity contribution >= 4 is 23.4 Å². The second-order valence-electron chi connectivity index (χ2n) is 6.50. The maximum Gasteiger partial charge on any atom is 0.416 e. The van der Waals surface area contributed by atoms with Crippen LogP contribution in [0.3, 0.4) is 0 Å². The summed E-state index contributed by atoms with van der Waals surface area (Å²) in [5.41, 5.74) is 1.28. The molecule has 2 heterocycles. The Morgan fingerprint density at radius 1 is 0.897 bits per heavy atom. The molecule has 1 aromatic heterocycles. The van der Waals surface area contributed by atoms with Crippen LogP contribution in [0.25, 0.3) is 11.1 Å². The maximum absolute atomic E-state index is 12.8. The van der Waals surface area contributed by atoms with Gasteiger partial charge in [0.25, 0.3) is 11.8 Å². The topological polar surface area (TPSA) is 50.3 Å². The molecule has 4 rings (SSSR count). The highest BCUT2D eigenvalue weighted by Gasteiger charge is 2.35. The standard InChI is InChI=1S/C21H12ClF3N2O2/c22-18-17(13-5-7-14(8-6-13)21(23,24)25)9-12(10-26-18)11-27-19(28)15-3-1-2-4-16(15)20(27)29/h1-10H,11H2. The zero-order chi connectivity index (χ0) is 20.8. The summed E-state index contributed by atoms with van der Waals surface area (Å²) >= 11 is 6.13. The summed E-state index contributed by atoms with van der Waals surface area (Å²) in [5.74, 6) is -0.812. The fourth-order valence-electron chi connectivity index (χ4n) is 3.18. The summed E-state index contributed by atoms with van der Waals surface area (Å²) in [7, 11) is 0. The van der Waals surface area contributed by atoms with E-state index in [1.54, 1.807) is 30.3 Å². The van der Waals surface area contributed by atoms with E-state index in [1.165, 1.54) is 18.3 Å². The van der Waals surface area contributed by atoms with Gasteiger partial charge in [0, 0.05) is 11.8 Å². The minimum Gasteiger partial charge on any atom is -0.270 e. The van der Waals surface area contributed by atoms with Gasteiger partial charge in [-0.1, -0.05) is 35.9 Å². The molecule has 0 aliphatic carbocycles. The minimum atomic E-state index is -4.44. The summed E-state index contributed by atoms with van der Waals surface area (Å²) in [5, 5.41) is 0.107. The predicted octanol–water partition coefficient (Wildman–Crippen LogP) is 5.22. The molecule has 0 radical (unpaired) electrons. The zero-order valence-electron chi connectivity index (χ0n) is 14.7. The summed E-state index contributed by atoms with van der Waals surface area (Å²) in [6.07, 6.45) is -3.01. The maximum atomic E-state index is 12.8. The molecule has 0 saturated heterocycles. The van der Waals surface area contributed by atoms with Crippen LogP contribution in [0.5, 0.6) is 0 Å². The lowest BCUT2D eigenvalue weighted by molar-refractivity contribution is -0.137. The highest BCUT2D eigenvalue weighted by Crippen LogP contribution is 2.33. The van der Waals surface area contributed by atoms with Crippen molar-refractivity contribution in [2.75, 3.05) is 0 Å². The van der Waals surface area contributed by atoms with Gasteiger partial charge in [-0.25, -0.2) is 4.98 Å². The van der Waals surface area contributed by atoms with Crippen molar-refractivity contribution in [1.29, 1.82) is 0 Å². The summed E-state index contributed by atoms with van der Waals surface area (Å²) < 4.78 is 38.3. The molecule has 2 aromatic carbocycles. The molecule has 146 valence electrons. The number of benzene rings is 2. The van der Waals surface area contributed by atoms with Crippen LogP contribution in [0, 0.1) is 0 Å². The van der Waals surface area contributed by atoms with Crippen molar-refractivity contribution in [3.8, 4) is 11.1 Å². The number of pyridine rings is 1. The quantitative estimate of drug-likeness (QED) is 0.434. The van der Waals surface area contributed by atoms with Gasteiger partial charge in [-0.15, -0.1) is 0 Å². The smallest absolute Gasteiger partial charge is 0.270 e. The lowest BCUT2D eigenvalue weighted by atomic mass is 10.0. The molecule has 29 heavy (non-hydrogen) atoms. The van der Waals surface area contributed by atoms with Crippen LogP contribution in [-0.2, 0) is 12.7 Å². The van der Waals surface area contributed by atoms with E-state index in [4.69, 9.17) is 11.6 Å². The lowest BCUT2D eigenvalue weighted by Crippen LogP contribution is -2.29. The molecule has 0 spiro atoms. The van der Waals surface area contributed by atoms with Gasteiger partial charge in [0.1, 0.15) is 5.15 Å². The van der Waals surface area contributed by atoms with E-state index in [1.807, 2.05) is 0 Å². The Labute approximate surface area is 168 Å². The number of aromatic nitrogens is 1. The van der Waals surface area contributed by atoms with Gasteiger partial charge >= 0.3 is 6.18 Å². The predicted molar refractivity (Wildman–Crippen MR) is 100 cm³/mol. The average Bonchev–Trinajstić information content (AvgIpc) is 2.94. The molecule has 0 N–H and O–H groups in total. The van der Waals surface area contributed by atoms with Gasteiger partial charge in [-0.2, -0.15) is 13.2 Å². The summed E-state index contributed by atoms with van der Waals surface area (Å²) in [6, 6.07) is 12.7. The molecule has 1 aliphatic rings. The van der Waals surface area contributed by atoms with Crippen molar-refractivity contribution in [1.82, 2.24) is 9.88 Å². The number of imide groups is 1. The number of carbonyl (C=O) groups is 2. The highest BCUT2D eigenvalue weighted by atomic mass is 35.5. The average molecular weight is 417 g/mol. The van der Waals surface area contributed by atoms with Crippen LogP contribution in [0.15, 0.2) is 60.8 Å². The Kier molecular flexibility index (Phi) is 4.62. The first-order valence-corrected chi connectivity index (χ1v) is 8.91. The van der Waals surface area contributed by atoms with Gasteiger partial charge in [0.05, 0.1) is 23.2 Å². The second-order valence-corrected chi connectivity index (χ2v) is 6.86. The van der Waals surface area contributed by atoms with Crippen molar-refractivity contribution in [2.45, 2.75) is 12.7 Å². The van der Waals surface area contributed by atoms with E-state index in [-0.39, 0.29) is 11.7 Å². The van der Waals surface area contributed by atoms with Gasteiger partial charge in [0.15, 0.2) is 0 Å². The third kappa shape index (κ3) is 3.49. The van der Waals surface area contributed by atoms with E-state index in [0.29, 0.717) is 27.8 Å². The minimum absolute atomic E-state index is 0.0237. The number of carbonyl (C=O) groups excluding carboxylic acids is 2. The van der Waals surface area contributed by atoms with Crippen LogP contribution in [0.2, 0.25) is 5.15 Å². The first kappa shape index (κ1) is 19.1. The van der Waals surface area contributed by atoms with E-state index in [2.05, 4.69) is 4.98 Å². The fraction of sp³-hybridized carbons (Fsp3) is 0.0952. The Morgan fingerprint density at radius 2 is 1.48 bits per heavy atom. The number of rotatable bonds is 3. The molecule has 1 aliphatic heterocycles. The normalized spacial score (nSPS) is 13.7. The van der Waals surface area contributed by atoms with Crippen LogP contribution in [-0.4, -0.2) is 21.7 Å². The molecular formula is C21H12ClF3N2O2. The van der Waals surface area contributed by atoms with Gasteiger partial charge < -0.3 is 0 Å². The lowest BCUT2D eigenvalue weighted by Gasteiger charge is -2.15. The molecule has 0 bridgehead atoms. The van der Waals surface area contributed by atoms with E-state index < -0.39 is 23.6 Å². The fourth-order valence-corrected chi connectivity index (χ4v) is 3.40. The third-order valence-corrected chi connectivity index (χ3v) is 4.94. The third-order valence-electron chi connectivity index (χ3n) is 4.64. The molecule has 3 aromatic rings. The van der Waals surface area contributed by atoms with E-state index in [9.17, 15) is 22.8 Å². The van der Waals surface area contributed by atoms with Crippen molar-refractivity contribution in [2.24, 2.45) is 0 Å². The van der Waals surface area contributed by atoms with Crippen LogP contribution in [0.4, 0.5) is 13.2 Å². The van der Waals surface area contributed by atoms with Gasteiger partial charge in [-0.05, 0) is 41.5 Å². The molecular weight excluding hydrogens is 405 g/mol. The molecule has 0 saturated carbocycles. The summed E-state index contributed by atoms with van der Waals surface area (Å²) in [4.78, 5) is 30.2. The van der Waals surface area contributed by atoms with Crippen molar-refractivity contribution in [3.05, 3.63) is 88.2 Å². The number of hydrogen-bond acceptors (Lipinski definition) is 3. The Balaban J connectivity index is 1.63. The molecule has 0 atom stereocenters. The van der Waals surface area contributed by atoms with Crippen LogP contribution < -0.4 is 0 Å². The number of fused-ring (bicyclic) bond motifs is 1. The highest BCUT2D eigenvalue weighted by molar-refractivity contribution is 6.32. The Bertz CT molecular complexity index is 1090.